The van der Waals surface area contributed by atoms with Crippen LogP contribution in [-0.4, -0.2) is 193 Å². The Morgan fingerprint density at radius 3 is 1.37 bits per heavy atom. The lowest BCUT2D eigenvalue weighted by Gasteiger charge is -2.48. The van der Waals surface area contributed by atoms with Crippen LogP contribution in [0.5, 0.6) is 0 Å². The molecule has 0 bridgehead atoms. The normalized spacial score (nSPS) is 31.5. The van der Waals surface area contributed by atoms with Crippen LogP contribution in [-0.2, 0) is 33.2 Å². The number of aliphatic hydroxyl groups is 11. The minimum atomic E-state index is -1.97. The van der Waals surface area contributed by atoms with Gasteiger partial charge in [-0.25, -0.2) is 0 Å². The van der Waals surface area contributed by atoms with Gasteiger partial charge in [0.15, 0.2) is 18.9 Å². The van der Waals surface area contributed by atoms with Crippen LogP contribution < -0.4 is 5.32 Å². The number of amides is 1. The van der Waals surface area contributed by atoms with Crippen molar-refractivity contribution in [2.24, 2.45) is 0 Å². The van der Waals surface area contributed by atoms with Crippen molar-refractivity contribution in [1.29, 1.82) is 0 Å². The Morgan fingerprint density at radius 1 is 0.480 bits per heavy atom. The van der Waals surface area contributed by atoms with E-state index in [1.54, 1.807) is 0 Å². The van der Waals surface area contributed by atoms with Crippen molar-refractivity contribution in [3.63, 3.8) is 0 Å². The van der Waals surface area contributed by atoms with Crippen molar-refractivity contribution in [3.8, 4) is 0 Å². The van der Waals surface area contributed by atoms with Crippen LogP contribution in [0.2, 0.25) is 0 Å². The monoisotopic (exact) mass is 1080 g/mol. The summed E-state index contributed by atoms with van der Waals surface area (Å²) in [7, 11) is 0. The molecule has 0 spiro atoms. The Morgan fingerprint density at radius 2 is 0.880 bits per heavy atom. The molecule has 438 valence electrons. The van der Waals surface area contributed by atoms with Crippen molar-refractivity contribution in [2.45, 2.75) is 285 Å². The van der Waals surface area contributed by atoms with Gasteiger partial charge >= 0.3 is 0 Å². The third-order valence-corrected chi connectivity index (χ3v) is 14.5. The molecule has 0 radical (unpaired) electrons. The van der Waals surface area contributed by atoms with Gasteiger partial charge in [-0.05, 0) is 51.4 Å². The van der Waals surface area contributed by atoms with Crippen molar-refractivity contribution < 1.29 is 89.4 Å². The van der Waals surface area contributed by atoms with E-state index < -0.39 is 124 Å². The van der Waals surface area contributed by atoms with Crippen LogP contribution >= 0.6 is 0 Å². The second kappa shape index (κ2) is 40.2. The van der Waals surface area contributed by atoms with E-state index in [0.29, 0.717) is 12.8 Å². The fourth-order valence-corrected chi connectivity index (χ4v) is 9.67. The molecule has 0 aromatic rings. The van der Waals surface area contributed by atoms with Gasteiger partial charge < -0.3 is 89.9 Å². The Labute approximate surface area is 447 Å². The lowest BCUT2D eigenvalue weighted by molar-refractivity contribution is -0.379. The van der Waals surface area contributed by atoms with Crippen molar-refractivity contribution >= 4 is 5.91 Å². The van der Waals surface area contributed by atoms with Gasteiger partial charge in [-0.3, -0.25) is 4.79 Å². The van der Waals surface area contributed by atoms with Gasteiger partial charge in [0.2, 0.25) is 5.91 Å². The van der Waals surface area contributed by atoms with E-state index in [0.717, 1.165) is 70.6 Å². The highest BCUT2D eigenvalue weighted by Crippen LogP contribution is 2.33. The maximum atomic E-state index is 13.2. The first-order chi connectivity index (χ1) is 36.3. The van der Waals surface area contributed by atoms with Crippen LogP contribution in [0.1, 0.15) is 181 Å². The average Bonchev–Trinajstić information content (AvgIpc) is 3.41. The molecular weight excluding hydrogens is 975 g/mol. The molecule has 1 amide bonds. The molecule has 0 aromatic carbocycles. The molecule has 0 aromatic heterocycles. The highest BCUT2D eigenvalue weighted by Gasteiger charge is 2.53. The molecule has 12 N–H and O–H groups in total. The summed E-state index contributed by atoms with van der Waals surface area (Å²) in [5, 5.41) is 119. The highest BCUT2D eigenvalue weighted by molar-refractivity contribution is 5.76. The molecule has 3 saturated heterocycles. The van der Waals surface area contributed by atoms with Gasteiger partial charge in [0.05, 0.1) is 38.6 Å². The summed E-state index contributed by atoms with van der Waals surface area (Å²) in [6, 6.07) is -0.885. The fraction of sp³-hybridized carbons (Fsp3) is 0.875. The first-order valence-electron chi connectivity index (χ1n) is 28.7. The molecule has 75 heavy (non-hydrogen) atoms. The van der Waals surface area contributed by atoms with Gasteiger partial charge in [-0.15, -0.1) is 0 Å². The maximum Gasteiger partial charge on any atom is 0.220 e. The van der Waals surface area contributed by atoms with E-state index in [9.17, 15) is 61.0 Å². The lowest BCUT2D eigenvalue weighted by atomic mass is 9.96. The van der Waals surface area contributed by atoms with E-state index >= 15 is 0 Å². The molecular formula is C56H101NO18. The number of allylic oxidation sites excluding steroid dienone is 6. The summed E-state index contributed by atoms with van der Waals surface area (Å²) in [5.41, 5.74) is 0. The quantitative estimate of drug-likeness (QED) is 0.0302. The van der Waals surface area contributed by atoms with Crippen LogP contribution in [0.25, 0.3) is 0 Å². The first-order valence-corrected chi connectivity index (χ1v) is 28.7. The Bertz CT molecular complexity index is 1520. The molecule has 3 aliphatic rings. The van der Waals surface area contributed by atoms with Crippen molar-refractivity contribution in [3.05, 3.63) is 36.5 Å². The standard InChI is InChI=1S/C56H101NO18/c1-3-5-7-9-10-11-12-13-14-15-16-17-18-19-20-21-22-23-24-25-26-27-28-30-32-34-44(62)57-39(40(61)33-31-29-8-6-4-2)38-70-54-50(68)47(65)52(42(36-59)72-54)75-56-51(69)48(66)53(43(37-60)73-56)74-55-49(67)46(64)45(63)41(35-58)71-55/h12-13,15-16,18-19,39-43,45-56,58-61,63-69H,3-11,14,17,20-38H2,1-2H3,(H,57,62)/b13-12-,16-15-,19-18-. The second-order valence-corrected chi connectivity index (χ2v) is 20.8. The number of carbonyl (C=O) groups is 1. The largest absolute Gasteiger partial charge is 0.394 e. The molecule has 17 atom stereocenters. The SMILES string of the molecule is CCCCCCC/C=C\C/C=C\C/C=C\CCCCCCCCCCCCC(=O)NC(COC1OC(CO)C(OC2OC(CO)C(OC3OC(CO)C(O)C(O)C3O)C(O)C2O)C(O)C1O)C(O)CCCCCCC. The van der Waals surface area contributed by atoms with Crippen LogP contribution in [0.15, 0.2) is 36.5 Å². The molecule has 0 saturated carbocycles. The molecule has 3 fully saturated rings. The van der Waals surface area contributed by atoms with E-state index in [1.165, 1.54) is 77.0 Å². The topological polar surface area (TPSA) is 307 Å². The summed E-state index contributed by atoms with van der Waals surface area (Å²) in [5.74, 6) is -0.256. The molecule has 0 aliphatic carbocycles. The Balaban J connectivity index is 1.38. The highest BCUT2D eigenvalue weighted by atomic mass is 16.8. The Hall–Kier alpha value is -1.99. The average molecular weight is 1080 g/mol. The van der Waals surface area contributed by atoms with E-state index in [4.69, 9.17) is 28.4 Å². The molecule has 3 heterocycles. The fourth-order valence-electron chi connectivity index (χ4n) is 9.67. The summed E-state index contributed by atoms with van der Waals surface area (Å²) in [6.07, 6.45) is 14.6. The molecule has 19 heteroatoms. The zero-order valence-corrected chi connectivity index (χ0v) is 45.3. The summed E-state index contributed by atoms with van der Waals surface area (Å²) >= 11 is 0. The summed E-state index contributed by atoms with van der Waals surface area (Å²) in [4.78, 5) is 13.2. The van der Waals surface area contributed by atoms with E-state index in [2.05, 4.69) is 55.6 Å². The summed E-state index contributed by atoms with van der Waals surface area (Å²) in [6.45, 7) is 1.65. The number of hydrogen-bond donors (Lipinski definition) is 12. The molecule has 3 aliphatic heterocycles. The second-order valence-electron chi connectivity index (χ2n) is 20.8. The van der Waals surface area contributed by atoms with E-state index in [1.807, 2.05) is 0 Å². The number of hydrogen-bond acceptors (Lipinski definition) is 18. The van der Waals surface area contributed by atoms with Crippen LogP contribution in [0.3, 0.4) is 0 Å². The lowest BCUT2D eigenvalue weighted by Crippen LogP contribution is -2.66. The smallest absolute Gasteiger partial charge is 0.220 e. The minimum absolute atomic E-state index is 0.256. The minimum Gasteiger partial charge on any atom is -0.394 e. The molecule has 17 unspecified atom stereocenters. The Kier molecular flexibility index (Phi) is 36.1. The number of rotatable bonds is 41. The molecule has 19 nitrogen and oxygen atoms in total. The van der Waals surface area contributed by atoms with Gasteiger partial charge in [0.1, 0.15) is 73.2 Å². The first kappa shape index (κ1) is 67.3. The van der Waals surface area contributed by atoms with Crippen LogP contribution in [0.4, 0.5) is 0 Å². The number of unbranched alkanes of at least 4 members (excludes halogenated alkanes) is 19. The maximum absolute atomic E-state index is 13.2. The zero-order valence-electron chi connectivity index (χ0n) is 45.3. The number of nitrogens with one attached hydrogen (secondary N) is 1. The van der Waals surface area contributed by atoms with E-state index in [-0.39, 0.29) is 18.9 Å². The van der Waals surface area contributed by atoms with Gasteiger partial charge in [-0.1, -0.05) is 159 Å². The summed E-state index contributed by atoms with van der Waals surface area (Å²) < 4.78 is 34.1. The predicted octanol–water partition coefficient (Wildman–Crippen LogP) is 4.15. The number of carbonyl (C=O) groups excluding carboxylic acids is 1. The number of ether oxygens (including phenoxy) is 6. The third-order valence-electron chi connectivity index (χ3n) is 14.5. The van der Waals surface area contributed by atoms with Gasteiger partial charge in [0, 0.05) is 6.42 Å². The van der Waals surface area contributed by atoms with Gasteiger partial charge in [-0.2, -0.15) is 0 Å². The van der Waals surface area contributed by atoms with Crippen molar-refractivity contribution in [2.75, 3.05) is 26.4 Å². The molecule has 3 rings (SSSR count). The predicted molar refractivity (Wildman–Crippen MR) is 282 cm³/mol. The van der Waals surface area contributed by atoms with Crippen molar-refractivity contribution in [1.82, 2.24) is 5.32 Å². The number of aliphatic hydroxyl groups excluding tert-OH is 11. The third kappa shape index (κ3) is 24.9. The van der Waals surface area contributed by atoms with Crippen LogP contribution in [0, 0.1) is 0 Å². The van der Waals surface area contributed by atoms with Gasteiger partial charge in [0.25, 0.3) is 0 Å². The zero-order chi connectivity index (χ0) is 54.8.